The fourth-order valence-corrected chi connectivity index (χ4v) is 2.86. The molecule has 0 aliphatic carbocycles. The predicted molar refractivity (Wildman–Crippen MR) is 118 cm³/mol. The number of nitrogens with zero attached hydrogens (tertiary/aromatic N) is 1. The number of aryl methyl sites for hydroxylation is 4. The van der Waals surface area contributed by atoms with E-state index in [9.17, 15) is 4.79 Å². The number of carbonyl (C=O) groups excluding carboxylic acids is 1. The summed E-state index contributed by atoms with van der Waals surface area (Å²) in [6.07, 6.45) is 8.39. The molecule has 0 amide bonds. The predicted octanol–water partition coefficient (Wildman–Crippen LogP) is 5.12. The summed E-state index contributed by atoms with van der Waals surface area (Å²) in [4.78, 5) is 13.8. The molecule has 2 rings (SSSR count). The first-order valence-electron chi connectivity index (χ1n) is 9.66. The highest BCUT2D eigenvalue weighted by Crippen LogP contribution is 2.12. The fraction of sp³-hybridized carbons (Fsp3) is 0.320. The summed E-state index contributed by atoms with van der Waals surface area (Å²) >= 11 is 0. The van der Waals surface area contributed by atoms with Gasteiger partial charge in [-0.25, -0.2) is 0 Å². The van der Waals surface area contributed by atoms with Crippen LogP contribution in [0.4, 0.5) is 0 Å². The highest BCUT2D eigenvalue weighted by atomic mass is 16.5. The van der Waals surface area contributed by atoms with Crippen molar-refractivity contribution in [3.05, 3.63) is 81.9 Å². The summed E-state index contributed by atoms with van der Waals surface area (Å²) in [7, 11) is 1.43. The molecule has 0 aliphatic rings. The Labute approximate surface area is 169 Å². The molecule has 0 heterocycles. The van der Waals surface area contributed by atoms with Gasteiger partial charge in [-0.15, -0.1) is 0 Å². The van der Waals surface area contributed by atoms with Crippen molar-refractivity contribution in [1.82, 2.24) is 4.90 Å². The van der Waals surface area contributed by atoms with Crippen LogP contribution in [-0.4, -0.2) is 37.6 Å². The third-order valence-corrected chi connectivity index (χ3v) is 4.99. The Kier molecular flexibility index (Phi) is 8.21. The Morgan fingerprint density at radius 3 is 1.68 bits per heavy atom. The van der Waals surface area contributed by atoms with Gasteiger partial charge in [0.1, 0.15) is 0 Å². The summed E-state index contributed by atoms with van der Waals surface area (Å²) in [6.45, 7) is 10.1. The molecule has 3 heteroatoms. The lowest BCUT2D eigenvalue weighted by Gasteiger charge is -2.17. The van der Waals surface area contributed by atoms with Crippen LogP contribution in [0.2, 0.25) is 0 Å². The van der Waals surface area contributed by atoms with E-state index >= 15 is 0 Å². The van der Waals surface area contributed by atoms with E-state index in [1.165, 1.54) is 40.5 Å². The monoisotopic (exact) mass is 377 g/mol. The second-order valence-electron chi connectivity index (χ2n) is 7.26. The molecule has 2 aromatic carbocycles. The average molecular weight is 378 g/mol. The lowest BCUT2D eigenvalue weighted by molar-refractivity contribution is -0.141. The lowest BCUT2D eigenvalue weighted by Crippen LogP contribution is -2.31. The standard InChI is InChI=1S/C25H31NO2/c1-19-10-12-23(16-21(19)3)8-6-14-26(18-25(27)28-5)15-7-9-24-13-11-20(2)22(4)17-24/h6-13,16-17H,14-15,18H2,1-5H3/b8-6+,9-7+. The zero-order chi connectivity index (χ0) is 20.5. The first kappa shape index (κ1) is 21.6. The highest BCUT2D eigenvalue weighted by molar-refractivity contribution is 5.71. The average Bonchev–Trinajstić information content (AvgIpc) is 2.67. The van der Waals surface area contributed by atoms with Gasteiger partial charge in [-0.3, -0.25) is 9.69 Å². The summed E-state index contributed by atoms with van der Waals surface area (Å²) in [5, 5.41) is 0. The maximum absolute atomic E-state index is 11.7. The molecule has 0 bridgehead atoms. The first-order chi connectivity index (χ1) is 13.4. The van der Waals surface area contributed by atoms with Gasteiger partial charge < -0.3 is 4.74 Å². The molecule has 0 saturated carbocycles. The van der Waals surface area contributed by atoms with E-state index in [2.05, 4.69) is 93.3 Å². The van der Waals surface area contributed by atoms with Crippen molar-refractivity contribution in [3.63, 3.8) is 0 Å². The first-order valence-corrected chi connectivity index (χ1v) is 9.66. The van der Waals surface area contributed by atoms with Crippen LogP contribution in [0.5, 0.6) is 0 Å². The summed E-state index contributed by atoms with van der Waals surface area (Å²) < 4.78 is 4.84. The lowest BCUT2D eigenvalue weighted by atomic mass is 10.1. The van der Waals surface area contributed by atoms with Gasteiger partial charge in [0.25, 0.3) is 0 Å². The molecule has 3 nitrogen and oxygen atoms in total. The highest BCUT2D eigenvalue weighted by Gasteiger charge is 2.08. The molecular formula is C25H31NO2. The number of carbonyl (C=O) groups is 1. The molecule has 0 aromatic heterocycles. The Bertz CT molecular complexity index is 801. The Hall–Kier alpha value is -2.65. The van der Waals surface area contributed by atoms with Crippen molar-refractivity contribution in [3.8, 4) is 0 Å². The van der Waals surface area contributed by atoms with Crippen LogP contribution in [0.25, 0.3) is 12.2 Å². The van der Waals surface area contributed by atoms with Crippen molar-refractivity contribution in [1.29, 1.82) is 0 Å². The Balaban J connectivity index is 2.01. The Morgan fingerprint density at radius 1 is 0.821 bits per heavy atom. The normalized spacial score (nSPS) is 11.6. The third kappa shape index (κ3) is 6.82. The number of methoxy groups -OCH3 is 1. The Morgan fingerprint density at radius 2 is 1.29 bits per heavy atom. The van der Waals surface area contributed by atoms with Crippen molar-refractivity contribution in [2.24, 2.45) is 0 Å². The van der Waals surface area contributed by atoms with Gasteiger partial charge in [-0.05, 0) is 61.1 Å². The van der Waals surface area contributed by atoms with Crippen LogP contribution in [0.3, 0.4) is 0 Å². The number of rotatable bonds is 8. The smallest absolute Gasteiger partial charge is 0.319 e. The topological polar surface area (TPSA) is 29.5 Å². The van der Waals surface area contributed by atoms with E-state index in [4.69, 9.17) is 4.74 Å². The number of ether oxygens (including phenoxy) is 1. The summed E-state index contributed by atoms with van der Waals surface area (Å²) in [6, 6.07) is 12.8. The molecule has 148 valence electrons. The van der Waals surface area contributed by atoms with Crippen molar-refractivity contribution in [2.45, 2.75) is 27.7 Å². The van der Waals surface area contributed by atoms with E-state index in [0.29, 0.717) is 13.1 Å². The molecule has 0 atom stereocenters. The molecule has 28 heavy (non-hydrogen) atoms. The third-order valence-electron chi connectivity index (χ3n) is 4.99. The van der Waals surface area contributed by atoms with Crippen LogP contribution < -0.4 is 0 Å². The molecule has 2 aromatic rings. The van der Waals surface area contributed by atoms with E-state index < -0.39 is 0 Å². The quantitative estimate of drug-likeness (QED) is 0.598. The van der Waals surface area contributed by atoms with E-state index in [1.807, 2.05) is 0 Å². The summed E-state index contributed by atoms with van der Waals surface area (Å²) in [5.74, 6) is -0.223. The molecule has 0 radical (unpaired) electrons. The van der Waals surface area contributed by atoms with Crippen LogP contribution in [-0.2, 0) is 9.53 Å². The van der Waals surface area contributed by atoms with Gasteiger partial charge in [-0.2, -0.15) is 0 Å². The molecule has 0 spiro atoms. The minimum absolute atomic E-state index is 0.223. The zero-order valence-corrected chi connectivity index (χ0v) is 17.7. The molecule has 0 aliphatic heterocycles. The molecular weight excluding hydrogens is 346 g/mol. The van der Waals surface area contributed by atoms with Gasteiger partial charge in [0, 0.05) is 13.1 Å². The SMILES string of the molecule is COC(=O)CN(C/C=C/c1ccc(C)c(C)c1)C/C=C/c1ccc(C)c(C)c1. The number of esters is 1. The zero-order valence-electron chi connectivity index (χ0n) is 17.7. The second kappa shape index (κ2) is 10.6. The number of benzene rings is 2. The molecule has 0 saturated heterocycles. The number of hydrogen-bond donors (Lipinski definition) is 0. The van der Waals surface area contributed by atoms with Crippen molar-refractivity contribution < 1.29 is 9.53 Å². The van der Waals surface area contributed by atoms with Crippen molar-refractivity contribution >= 4 is 18.1 Å². The van der Waals surface area contributed by atoms with E-state index in [-0.39, 0.29) is 12.5 Å². The van der Waals surface area contributed by atoms with Crippen molar-refractivity contribution in [2.75, 3.05) is 26.7 Å². The minimum atomic E-state index is -0.223. The maximum atomic E-state index is 11.7. The van der Waals surface area contributed by atoms with Crippen LogP contribution >= 0.6 is 0 Å². The van der Waals surface area contributed by atoms with Gasteiger partial charge >= 0.3 is 5.97 Å². The van der Waals surface area contributed by atoms with Gasteiger partial charge in [0.2, 0.25) is 0 Å². The van der Waals surface area contributed by atoms with Gasteiger partial charge in [0.15, 0.2) is 0 Å². The number of hydrogen-bond acceptors (Lipinski definition) is 3. The van der Waals surface area contributed by atoms with Gasteiger partial charge in [-0.1, -0.05) is 60.7 Å². The second-order valence-corrected chi connectivity index (χ2v) is 7.26. The van der Waals surface area contributed by atoms with Crippen LogP contribution in [0, 0.1) is 27.7 Å². The molecule has 0 fully saturated rings. The molecule has 0 unspecified atom stereocenters. The van der Waals surface area contributed by atoms with E-state index in [0.717, 1.165) is 0 Å². The maximum Gasteiger partial charge on any atom is 0.319 e. The fourth-order valence-electron chi connectivity index (χ4n) is 2.86. The van der Waals surface area contributed by atoms with Crippen LogP contribution in [0.15, 0.2) is 48.6 Å². The summed E-state index contributed by atoms with van der Waals surface area (Å²) in [5.41, 5.74) is 7.50. The van der Waals surface area contributed by atoms with E-state index in [1.54, 1.807) is 0 Å². The largest absolute Gasteiger partial charge is 0.468 e. The molecule has 0 N–H and O–H groups in total. The minimum Gasteiger partial charge on any atom is -0.468 e. The van der Waals surface area contributed by atoms with Gasteiger partial charge in [0.05, 0.1) is 13.7 Å². The van der Waals surface area contributed by atoms with Crippen LogP contribution in [0.1, 0.15) is 33.4 Å².